The van der Waals surface area contributed by atoms with E-state index in [9.17, 15) is 19.2 Å². The van der Waals surface area contributed by atoms with Crippen LogP contribution in [-0.2, 0) is 19.2 Å². The van der Waals surface area contributed by atoms with Crippen molar-refractivity contribution in [3.8, 4) is 0 Å². The van der Waals surface area contributed by atoms with E-state index in [1.54, 1.807) is 12.2 Å². The highest BCUT2D eigenvalue weighted by molar-refractivity contribution is 6.24. The summed E-state index contributed by atoms with van der Waals surface area (Å²) in [5.41, 5.74) is 0.213. The molecular weight excluding hydrogens is 320 g/mol. The summed E-state index contributed by atoms with van der Waals surface area (Å²) in [6, 6.07) is -0.930. The summed E-state index contributed by atoms with van der Waals surface area (Å²) < 4.78 is 0. The Bertz CT molecular complexity index is 744. The monoisotopic (exact) mass is 342 g/mol. The van der Waals surface area contributed by atoms with E-state index in [1.807, 2.05) is 12.2 Å². The Hall–Kier alpha value is -2.50. The van der Waals surface area contributed by atoms with Gasteiger partial charge in [0.15, 0.2) is 0 Å². The van der Waals surface area contributed by atoms with Crippen molar-refractivity contribution in [1.82, 2.24) is 10.2 Å². The number of imide groups is 2. The van der Waals surface area contributed by atoms with E-state index in [2.05, 4.69) is 33.0 Å². The van der Waals surface area contributed by atoms with Crippen LogP contribution >= 0.6 is 0 Å². The van der Waals surface area contributed by atoms with Crippen molar-refractivity contribution in [3.63, 3.8) is 0 Å². The smallest absolute Gasteiger partial charge is 0.262 e. The lowest BCUT2D eigenvalue weighted by molar-refractivity contribution is -0.149. The van der Waals surface area contributed by atoms with Crippen LogP contribution < -0.4 is 5.32 Å². The number of hydrogen-bond acceptors (Lipinski definition) is 4. The predicted molar refractivity (Wildman–Crippen MR) is 90.9 cm³/mol. The van der Waals surface area contributed by atoms with Crippen LogP contribution in [0, 0.1) is 10.8 Å². The number of carbonyl (C=O) groups excluding carboxylic acids is 4. The normalized spacial score (nSPS) is 26.1. The maximum atomic E-state index is 12.8. The van der Waals surface area contributed by atoms with Crippen molar-refractivity contribution in [3.05, 3.63) is 35.5 Å². The van der Waals surface area contributed by atoms with Crippen LogP contribution in [0.2, 0.25) is 0 Å². The molecule has 1 aliphatic carbocycles. The van der Waals surface area contributed by atoms with Gasteiger partial charge in [-0.15, -0.1) is 0 Å². The zero-order chi connectivity index (χ0) is 18.6. The van der Waals surface area contributed by atoms with Gasteiger partial charge in [-0.1, -0.05) is 52.0 Å². The second kappa shape index (κ2) is 5.51. The summed E-state index contributed by atoms with van der Waals surface area (Å²) >= 11 is 0. The van der Waals surface area contributed by atoms with Crippen LogP contribution in [0.25, 0.3) is 0 Å². The van der Waals surface area contributed by atoms with E-state index in [-0.39, 0.29) is 29.6 Å². The molecule has 0 radical (unpaired) electrons. The number of nitrogens with zero attached hydrogens (tertiary/aromatic N) is 1. The third-order valence-electron chi connectivity index (χ3n) is 5.52. The van der Waals surface area contributed by atoms with E-state index in [1.165, 1.54) is 0 Å². The van der Waals surface area contributed by atoms with Crippen LogP contribution in [0.3, 0.4) is 0 Å². The summed E-state index contributed by atoms with van der Waals surface area (Å²) in [5.74, 6) is -1.93. The Kier molecular flexibility index (Phi) is 3.82. The number of hydrogen-bond donors (Lipinski definition) is 1. The quantitative estimate of drug-likeness (QED) is 0.734. The molecule has 0 aromatic heterocycles. The molecule has 0 aromatic rings. The first kappa shape index (κ1) is 17.3. The first-order valence-corrected chi connectivity index (χ1v) is 8.39. The minimum absolute atomic E-state index is 0.0881. The third-order valence-corrected chi connectivity index (χ3v) is 5.52. The van der Waals surface area contributed by atoms with Crippen LogP contribution in [0.1, 0.15) is 40.5 Å². The maximum absolute atomic E-state index is 12.8. The largest absolute Gasteiger partial charge is 0.295 e. The van der Waals surface area contributed by atoms with Crippen molar-refractivity contribution in [2.24, 2.45) is 10.8 Å². The van der Waals surface area contributed by atoms with E-state index >= 15 is 0 Å². The summed E-state index contributed by atoms with van der Waals surface area (Å²) in [6.45, 7) is 8.33. The summed E-state index contributed by atoms with van der Waals surface area (Å²) in [5, 5.41) is 2.20. The molecule has 3 aliphatic rings. The average molecular weight is 342 g/mol. The van der Waals surface area contributed by atoms with Crippen LogP contribution in [0.4, 0.5) is 0 Å². The van der Waals surface area contributed by atoms with Crippen molar-refractivity contribution in [2.45, 2.75) is 46.6 Å². The fourth-order valence-corrected chi connectivity index (χ4v) is 3.18. The SMILES string of the molecule is CC(C)(C)C1(C)C=CC2=C(C=C1)C(=O)N(C1CCC(=O)NC1=O)C2=O. The summed E-state index contributed by atoms with van der Waals surface area (Å²) in [7, 11) is 0. The highest BCUT2D eigenvalue weighted by atomic mass is 16.2. The Morgan fingerprint density at radius 2 is 1.56 bits per heavy atom. The number of nitrogens with one attached hydrogen (secondary N) is 1. The van der Waals surface area contributed by atoms with E-state index < -0.39 is 23.8 Å². The van der Waals surface area contributed by atoms with E-state index in [0.29, 0.717) is 11.1 Å². The molecule has 1 N–H and O–H groups in total. The first-order chi connectivity index (χ1) is 11.5. The molecule has 25 heavy (non-hydrogen) atoms. The zero-order valence-electron chi connectivity index (χ0n) is 14.9. The van der Waals surface area contributed by atoms with Crippen molar-refractivity contribution in [1.29, 1.82) is 0 Å². The molecule has 0 bridgehead atoms. The second-order valence-electron chi connectivity index (χ2n) is 7.97. The van der Waals surface area contributed by atoms with Crippen molar-refractivity contribution < 1.29 is 19.2 Å². The van der Waals surface area contributed by atoms with Gasteiger partial charge in [-0.25, -0.2) is 0 Å². The van der Waals surface area contributed by atoms with Gasteiger partial charge in [-0.2, -0.15) is 0 Å². The Morgan fingerprint density at radius 1 is 1.04 bits per heavy atom. The fourth-order valence-electron chi connectivity index (χ4n) is 3.18. The van der Waals surface area contributed by atoms with Crippen LogP contribution in [0.15, 0.2) is 35.5 Å². The molecule has 6 nitrogen and oxygen atoms in total. The zero-order valence-corrected chi connectivity index (χ0v) is 14.9. The lowest BCUT2D eigenvalue weighted by Crippen LogP contribution is -2.54. The van der Waals surface area contributed by atoms with Crippen molar-refractivity contribution >= 4 is 23.6 Å². The minimum Gasteiger partial charge on any atom is -0.295 e. The molecule has 0 spiro atoms. The van der Waals surface area contributed by atoms with Gasteiger partial charge in [0.05, 0.1) is 11.1 Å². The van der Waals surface area contributed by atoms with Crippen molar-refractivity contribution in [2.75, 3.05) is 0 Å². The van der Waals surface area contributed by atoms with Gasteiger partial charge < -0.3 is 0 Å². The number of piperidine rings is 1. The standard InChI is InChI=1S/C19H22N2O4/c1-18(2,3)19(4)9-7-11-12(8-10-19)17(25)21(16(11)24)13-5-6-14(22)20-15(13)23/h7-10,13H,5-6H2,1-4H3,(H,20,22,23). The van der Waals surface area contributed by atoms with Gasteiger partial charge in [0.1, 0.15) is 6.04 Å². The van der Waals surface area contributed by atoms with Gasteiger partial charge in [0.25, 0.3) is 11.8 Å². The lowest BCUT2D eigenvalue weighted by atomic mass is 9.67. The van der Waals surface area contributed by atoms with Gasteiger partial charge >= 0.3 is 0 Å². The topological polar surface area (TPSA) is 83.6 Å². The molecule has 0 saturated carbocycles. The molecule has 3 rings (SSSR count). The molecule has 0 aromatic carbocycles. The number of carbonyl (C=O) groups is 4. The number of rotatable bonds is 1. The number of allylic oxidation sites excluding steroid dienone is 2. The highest BCUT2D eigenvalue weighted by Crippen LogP contribution is 2.44. The molecular formula is C19H22N2O4. The number of amides is 4. The Morgan fingerprint density at radius 3 is 2.00 bits per heavy atom. The molecule has 132 valence electrons. The highest BCUT2D eigenvalue weighted by Gasteiger charge is 2.46. The first-order valence-electron chi connectivity index (χ1n) is 8.39. The molecule has 6 heteroatoms. The van der Waals surface area contributed by atoms with Gasteiger partial charge in [0.2, 0.25) is 11.8 Å². The van der Waals surface area contributed by atoms with Gasteiger partial charge in [-0.3, -0.25) is 29.4 Å². The molecule has 1 unspecified atom stereocenters. The fraction of sp³-hybridized carbons (Fsp3) is 0.474. The maximum Gasteiger partial charge on any atom is 0.262 e. The average Bonchev–Trinajstić information content (AvgIpc) is 2.64. The molecule has 1 atom stereocenters. The molecule has 4 amide bonds. The van der Waals surface area contributed by atoms with Gasteiger partial charge in [0, 0.05) is 11.8 Å². The summed E-state index contributed by atoms with van der Waals surface area (Å²) in [4.78, 5) is 49.9. The Balaban J connectivity index is 1.92. The third kappa shape index (κ3) is 2.65. The second-order valence-corrected chi connectivity index (χ2v) is 7.97. The lowest BCUT2D eigenvalue weighted by Gasteiger charge is -2.37. The van der Waals surface area contributed by atoms with Gasteiger partial charge in [-0.05, 0) is 11.8 Å². The minimum atomic E-state index is -0.930. The molecule has 2 aliphatic heterocycles. The van der Waals surface area contributed by atoms with Crippen LogP contribution in [-0.4, -0.2) is 34.6 Å². The van der Waals surface area contributed by atoms with E-state index in [0.717, 1.165) is 4.90 Å². The Labute approximate surface area is 146 Å². The molecule has 2 heterocycles. The predicted octanol–water partition coefficient (Wildman–Crippen LogP) is 1.64. The van der Waals surface area contributed by atoms with Crippen LogP contribution in [0.5, 0.6) is 0 Å². The van der Waals surface area contributed by atoms with E-state index in [4.69, 9.17) is 0 Å². The molecule has 1 fully saturated rings. The summed E-state index contributed by atoms with van der Waals surface area (Å²) in [6.07, 6.45) is 7.52. The molecule has 1 saturated heterocycles.